The van der Waals surface area contributed by atoms with Crippen LogP contribution in [0, 0.1) is 0 Å². The largest absolute Gasteiger partial charge is 0.489 e. The zero-order valence-corrected chi connectivity index (χ0v) is 9.95. The summed E-state index contributed by atoms with van der Waals surface area (Å²) >= 11 is 6.10. The summed E-state index contributed by atoms with van der Waals surface area (Å²) in [4.78, 5) is 0. The Kier molecular flexibility index (Phi) is 3.85. The Balaban J connectivity index is 2.04. The summed E-state index contributed by atoms with van der Waals surface area (Å²) < 4.78 is 5.61. The molecule has 4 heteroatoms. The molecule has 3 nitrogen and oxygen atoms in total. The Bertz CT molecular complexity index is 488. The number of anilines is 1. The van der Waals surface area contributed by atoms with Gasteiger partial charge in [-0.2, -0.15) is 0 Å². The third kappa shape index (κ3) is 3.12. The minimum absolute atomic E-state index is 0.438. The maximum atomic E-state index is 6.10. The van der Waals surface area contributed by atoms with Crippen LogP contribution in [0.2, 0.25) is 5.02 Å². The number of para-hydroxylation sites is 1. The van der Waals surface area contributed by atoms with E-state index in [4.69, 9.17) is 22.2 Å². The van der Waals surface area contributed by atoms with Gasteiger partial charge in [-0.1, -0.05) is 35.9 Å². The molecule has 2 aromatic rings. The van der Waals surface area contributed by atoms with Gasteiger partial charge in [-0.25, -0.2) is 0 Å². The second kappa shape index (κ2) is 5.57. The number of nitrogen functional groups attached to an aromatic ring is 1. The summed E-state index contributed by atoms with van der Waals surface area (Å²) in [5.74, 6) is 6.12. The fraction of sp³-hybridized carbons (Fsp3) is 0.0769. The van der Waals surface area contributed by atoms with Gasteiger partial charge < -0.3 is 10.2 Å². The quantitative estimate of drug-likeness (QED) is 0.645. The molecule has 2 rings (SSSR count). The molecule has 0 aliphatic heterocycles. The Morgan fingerprint density at radius 1 is 1.12 bits per heavy atom. The molecular formula is C13H13ClN2O. The van der Waals surface area contributed by atoms with E-state index < -0.39 is 0 Å². The number of hydrazine groups is 1. The summed E-state index contributed by atoms with van der Waals surface area (Å²) in [5, 5.41) is 0.636. The van der Waals surface area contributed by atoms with Crippen LogP contribution >= 0.6 is 11.6 Å². The predicted molar refractivity (Wildman–Crippen MR) is 70.0 cm³/mol. The summed E-state index contributed by atoms with van der Waals surface area (Å²) in [6, 6.07) is 15.1. The van der Waals surface area contributed by atoms with Gasteiger partial charge in [-0.3, -0.25) is 5.84 Å². The van der Waals surface area contributed by atoms with Gasteiger partial charge in [-0.15, -0.1) is 0 Å². The smallest absolute Gasteiger partial charge is 0.119 e. The zero-order chi connectivity index (χ0) is 12.1. The molecule has 88 valence electrons. The van der Waals surface area contributed by atoms with E-state index in [1.165, 1.54) is 0 Å². The van der Waals surface area contributed by atoms with Crippen LogP contribution in [0.5, 0.6) is 5.75 Å². The Morgan fingerprint density at radius 3 is 2.53 bits per heavy atom. The monoisotopic (exact) mass is 248 g/mol. The highest BCUT2D eigenvalue weighted by molar-refractivity contribution is 6.31. The summed E-state index contributed by atoms with van der Waals surface area (Å²) in [5.41, 5.74) is 4.25. The second-order valence-electron chi connectivity index (χ2n) is 3.55. The van der Waals surface area contributed by atoms with Gasteiger partial charge >= 0.3 is 0 Å². The molecule has 3 N–H and O–H groups in total. The van der Waals surface area contributed by atoms with E-state index in [0.717, 1.165) is 17.0 Å². The van der Waals surface area contributed by atoms with Crippen molar-refractivity contribution in [3.8, 4) is 5.75 Å². The number of nitrogens with one attached hydrogen (secondary N) is 1. The van der Waals surface area contributed by atoms with Crippen LogP contribution in [0.25, 0.3) is 0 Å². The van der Waals surface area contributed by atoms with Crippen LogP contribution in [-0.4, -0.2) is 0 Å². The van der Waals surface area contributed by atoms with Crippen molar-refractivity contribution in [1.29, 1.82) is 0 Å². The lowest BCUT2D eigenvalue weighted by atomic mass is 10.2. The molecule has 17 heavy (non-hydrogen) atoms. The Labute approximate surface area is 105 Å². The highest BCUT2D eigenvalue weighted by Gasteiger charge is 2.02. The average molecular weight is 249 g/mol. The van der Waals surface area contributed by atoms with E-state index in [-0.39, 0.29) is 0 Å². The van der Waals surface area contributed by atoms with Gasteiger partial charge in [0, 0.05) is 16.3 Å². The molecule has 0 amide bonds. The molecule has 0 heterocycles. The molecule has 0 fully saturated rings. The van der Waals surface area contributed by atoms with E-state index in [1.807, 2.05) is 42.5 Å². The molecular weight excluding hydrogens is 236 g/mol. The maximum Gasteiger partial charge on any atom is 0.119 e. The van der Waals surface area contributed by atoms with Gasteiger partial charge in [-0.05, 0) is 24.3 Å². The molecule has 0 radical (unpaired) electrons. The average Bonchev–Trinajstić information content (AvgIpc) is 2.38. The predicted octanol–water partition coefficient (Wildman–Crippen LogP) is 3.20. The molecule has 0 saturated heterocycles. The van der Waals surface area contributed by atoms with E-state index in [0.29, 0.717) is 11.6 Å². The third-order valence-electron chi connectivity index (χ3n) is 2.36. The summed E-state index contributed by atoms with van der Waals surface area (Å²) in [6.07, 6.45) is 0. The van der Waals surface area contributed by atoms with E-state index in [9.17, 15) is 0 Å². The maximum absolute atomic E-state index is 6.10. The van der Waals surface area contributed by atoms with Crippen LogP contribution < -0.4 is 16.0 Å². The molecule has 0 atom stereocenters. The van der Waals surface area contributed by atoms with Gasteiger partial charge in [0.05, 0.1) is 0 Å². The number of nitrogens with two attached hydrogens (primary N) is 1. The molecule has 0 aliphatic carbocycles. The first-order chi connectivity index (χ1) is 8.29. The standard InChI is InChI=1S/C13H13ClN2O/c14-13-8-11(16-15)7-6-10(13)9-17-12-4-2-1-3-5-12/h1-8,16H,9,15H2. The van der Waals surface area contributed by atoms with Crippen molar-refractivity contribution in [2.45, 2.75) is 6.61 Å². The number of benzene rings is 2. The lowest BCUT2D eigenvalue weighted by molar-refractivity contribution is 0.306. The van der Waals surface area contributed by atoms with Crippen molar-refractivity contribution in [2.24, 2.45) is 5.84 Å². The summed E-state index contributed by atoms with van der Waals surface area (Å²) in [7, 11) is 0. The van der Waals surface area contributed by atoms with E-state index in [1.54, 1.807) is 6.07 Å². The van der Waals surface area contributed by atoms with E-state index >= 15 is 0 Å². The lowest BCUT2D eigenvalue weighted by Crippen LogP contribution is -2.07. The van der Waals surface area contributed by atoms with Crippen LogP contribution in [0.1, 0.15) is 5.56 Å². The fourth-order valence-electron chi connectivity index (χ4n) is 1.43. The van der Waals surface area contributed by atoms with Crippen molar-refractivity contribution >= 4 is 17.3 Å². The van der Waals surface area contributed by atoms with Crippen molar-refractivity contribution in [3.63, 3.8) is 0 Å². The van der Waals surface area contributed by atoms with Gasteiger partial charge in [0.1, 0.15) is 12.4 Å². The number of rotatable bonds is 4. The Hall–Kier alpha value is -1.71. The molecule has 0 unspecified atom stereocenters. The minimum Gasteiger partial charge on any atom is -0.489 e. The number of halogens is 1. The normalized spacial score (nSPS) is 10.0. The van der Waals surface area contributed by atoms with Crippen LogP contribution in [0.3, 0.4) is 0 Å². The van der Waals surface area contributed by atoms with Crippen LogP contribution in [-0.2, 0) is 6.61 Å². The lowest BCUT2D eigenvalue weighted by Gasteiger charge is -2.09. The molecule has 0 bridgehead atoms. The second-order valence-corrected chi connectivity index (χ2v) is 3.96. The third-order valence-corrected chi connectivity index (χ3v) is 2.71. The molecule has 0 saturated carbocycles. The molecule has 0 spiro atoms. The summed E-state index contributed by atoms with van der Waals surface area (Å²) in [6.45, 7) is 0.438. The molecule has 2 aromatic carbocycles. The van der Waals surface area contributed by atoms with Crippen molar-refractivity contribution in [3.05, 3.63) is 59.1 Å². The molecule has 0 aromatic heterocycles. The highest BCUT2D eigenvalue weighted by Crippen LogP contribution is 2.22. The van der Waals surface area contributed by atoms with Gasteiger partial charge in [0.15, 0.2) is 0 Å². The minimum atomic E-state index is 0.438. The fourth-order valence-corrected chi connectivity index (χ4v) is 1.67. The Morgan fingerprint density at radius 2 is 1.88 bits per heavy atom. The number of hydrogen-bond donors (Lipinski definition) is 2. The first kappa shape index (κ1) is 11.8. The van der Waals surface area contributed by atoms with Crippen molar-refractivity contribution in [2.75, 3.05) is 5.43 Å². The van der Waals surface area contributed by atoms with Crippen LogP contribution in [0.15, 0.2) is 48.5 Å². The first-order valence-corrected chi connectivity index (χ1v) is 5.60. The van der Waals surface area contributed by atoms with Gasteiger partial charge in [0.25, 0.3) is 0 Å². The highest BCUT2D eigenvalue weighted by atomic mass is 35.5. The van der Waals surface area contributed by atoms with Crippen LogP contribution in [0.4, 0.5) is 5.69 Å². The van der Waals surface area contributed by atoms with Crippen molar-refractivity contribution < 1.29 is 4.74 Å². The SMILES string of the molecule is NNc1ccc(COc2ccccc2)c(Cl)c1. The number of hydrogen-bond acceptors (Lipinski definition) is 3. The number of ether oxygens (including phenoxy) is 1. The topological polar surface area (TPSA) is 47.3 Å². The van der Waals surface area contributed by atoms with Gasteiger partial charge in [0.2, 0.25) is 0 Å². The first-order valence-electron chi connectivity index (χ1n) is 5.22. The molecule has 0 aliphatic rings. The van der Waals surface area contributed by atoms with Crippen molar-refractivity contribution in [1.82, 2.24) is 0 Å². The van der Waals surface area contributed by atoms with E-state index in [2.05, 4.69) is 5.43 Å². The zero-order valence-electron chi connectivity index (χ0n) is 9.19.